The minimum atomic E-state index is -0.258. The van der Waals surface area contributed by atoms with Crippen LogP contribution in [0.2, 0.25) is 0 Å². The maximum Gasteiger partial charge on any atom is 0.326 e. The highest BCUT2D eigenvalue weighted by molar-refractivity contribution is 5.88. The number of likely N-dealkylation sites (tertiary alicyclic amines) is 1. The van der Waals surface area contributed by atoms with Gasteiger partial charge in [-0.15, -0.1) is 0 Å². The molecule has 5 rings (SSSR count). The standard InChI is InChI=1S/C22H21N5O3/c28-20(13-18-15-5-1-2-6-16(15)21(29)25-24-18)26-11-9-14(10-12-26)27-19-8-4-3-7-17(19)23-22(27)30/h1-8,14H,9-13H2,(H,23,30)(H,25,29). The van der Waals surface area contributed by atoms with E-state index in [1.807, 2.05) is 45.9 Å². The van der Waals surface area contributed by atoms with Crippen LogP contribution in [0.3, 0.4) is 0 Å². The Morgan fingerprint density at radius 1 is 1.00 bits per heavy atom. The summed E-state index contributed by atoms with van der Waals surface area (Å²) >= 11 is 0. The molecule has 8 nitrogen and oxygen atoms in total. The van der Waals surface area contributed by atoms with Crippen LogP contribution in [0, 0.1) is 0 Å². The highest BCUT2D eigenvalue weighted by atomic mass is 16.2. The third-order valence-electron chi connectivity index (χ3n) is 5.90. The van der Waals surface area contributed by atoms with Crippen molar-refractivity contribution >= 4 is 27.7 Å². The van der Waals surface area contributed by atoms with E-state index in [1.54, 1.807) is 12.1 Å². The fraction of sp³-hybridized carbons (Fsp3) is 0.273. The summed E-state index contributed by atoms with van der Waals surface area (Å²) in [5.41, 5.74) is 1.94. The highest BCUT2D eigenvalue weighted by Gasteiger charge is 2.26. The lowest BCUT2D eigenvalue weighted by molar-refractivity contribution is -0.131. The minimum Gasteiger partial charge on any atom is -0.342 e. The molecule has 0 atom stereocenters. The molecule has 1 saturated heterocycles. The number of piperidine rings is 1. The van der Waals surface area contributed by atoms with Gasteiger partial charge >= 0.3 is 5.69 Å². The quantitative estimate of drug-likeness (QED) is 0.546. The summed E-state index contributed by atoms with van der Waals surface area (Å²) in [6, 6.07) is 14.9. The summed E-state index contributed by atoms with van der Waals surface area (Å²) in [4.78, 5) is 42.0. The van der Waals surface area contributed by atoms with E-state index >= 15 is 0 Å². The van der Waals surface area contributed by atoms with Gasteiger partial charge in [0.1, 0.15) is 0 Å². The molecule has 1 aliphatic heterocycles. The van der Waals surface area contributed by atoms with E-state index in [9.17, 15) is 14.4 Å². The van der Waals surface area contributed by atoms with Gasteiger partial charge in [-0.2, -0.15) is 5.10 Å². The van der Waals surface area contributed by atoms with E-state index in [0.29, 0.717) is 42.4 Å². The van der Waals surface area contributed by atoms with Gasteiger partial charge in [0.05, 0.1) is 28.5 Å². The molecular weight excluding hydrogens is 382 g/mol. The van der Waals surface area contributed by atoms with E-state index < -0.39 is 0 Å². The summed E-state index contributed by atoms with van der Waals surface area (Å²) in [6.07, 6.45) is 1.57. The van der Waals surface area contributed by atoms with Crippen molar-refractivity contribution < 1.29 is 4.79 Å². The fourth-order valence-electron chi connectivity index (χ4n) is 4.37. The summed E-state index contributed by atoms with van der Waals surface area (Å²) in [5, 5.41) is 7.83. The molecule has 8 heteroatoms. The number of carbonyl (C=O) groups is 1. The SMILES string of the molecule is O=C(Cc1n[nH]c(=O)c2ccccc12)N1CCC(n2c(=O)[nH]c3ccccc32)CC1. The number of carbonyl (C=O) groups excluding carboxylic acids is 1. The molecule has 0 bridgehead atoms. The molecule has 1 amide bonds. The smallest absolute Gasteiger partial charge is 0.326 e. The zero-order valence-electron chi connectivity index (χ0n) is 16.3. The summed E-state index contributed by atoms with van der Waals surface area (Å²) in [7, 11) is 0. The van der Waals surface area contributed by atoms with Gasteiger partial charge in [-0.05, 0) is 31.0 Å². The summed E-state index contributed by atoms with van der Waals surface area (Å²) in [6.45, 7) is 1.16. The predicted molar refractivity (Wildman–Crippen MR) is 113 cm³/mol. The van der Waals surface area contributed by atoms with Crippen molar-refractivity contribution in [2.75, 3.05) is 13.1 Å². The Hall–Kier alpha value is -3.68. The average Bonchev–Trinajstić information content (AvgIpc) is 3.11. The van der Waals surface area contributed by atoms with Crippen molar-refractivity contribution in [1.29, 1.82) is 0 Å². The molecule has 3 heterocycles. The topological polar surface area (TPSA) is 104 Å². The van der Waals surface area contributed by atoms with Gasteiger partial charge in [-0.1, -0.05) is 30.3 Å². The number of imidazole rings is 1. The lowest BCUT2D eigenvalue weighted by atomic mass is 10.0. The lowest BCUT2D eigenvalue weighted by Gasteiger charge is -2.32. The van der Waals surface area contributed by atoms with Crippen molar-refractivity contribution in [3.05, 3.63) is 75.1 Å². The molecule has 2 aromatic carbocycles. The third-order valence-corrected chi connectivity index (χ3v) is 5.90. The Bertz CT molecular complexity index is 1360. The lowest BCUT2D eigenvalue weighted by Crippen LogP contribution is -2.41. The van der Waals surface area contributed by atoms with E-state index in [0.717, 1.165) is 11.0 Å². The first-order valence-electron chi connectivity index (χ1n) is 10.0. The number of rotatable bonds is 3. The summed E-state index contributed by atoms with van der Waals surface area (Å²) < 4.78 is 1.81. The normalized spacial score (nSPS) is 15.1. The largest absolute Gasteiger partial charge is 0.342 e. The molecule has 0 spiro atoms. The van der Waals surface area contributed by atoms with Crippen molar-refractivity contribution in [1.82, 2.24) is 24.6 Å². The number of nitrogens with zero attached hydrogens (tertiary/aromatic N) is 3. The molecule has 2 aromatic heterocycles. The van der Waals surface area contributed by atoms with Crippen LogP contribution in [-0.2, 0) is 11.2 Å². The molecule has 30 heavy (non-hydrogen) atoms. The van der Waals surface area contributed by atoms with Gasteiger partial charge in [0.25, 0.3) is 5.56 Å². The Kier molecular flexibility index (Phi) is 4.46. The number of aromatic amines is 2. The molecular formula is C22H21N5O3. The van der Waals surface area contributed by atoms with Crippen LogP contribution in [0.4, 0.5) is 0 Å². The first-order valence-corrected chi connectivity index (χ1v) is 10.0. The monoisotopic (exact) mass is 403 g/mol. The number of benzene rings is 2. The van der Waals surface area contributed by atoms with E-state index in [-0.39, 0.29) is 29.6 Å². The second kappa shape index (κ2) is 7.29. The molecule has 4 aromatic rings. The van der Waals surface area contributed by atoms with Crippen molar-refractivity contribution in [2.45, 2.75) is 25.3 Å². The number of fused-ring (bicyclic) bond motifs is 2. The van der Waals surface area contributed by atoms with Crippen molar-refractivity contribution in [2.24, 2.45) is 0 Å². The van der Waals surface area contributed by atoms with Gasteiger partial charge in [-0.3, -0.25) is 14.2 Å². The molecule has 1 fully saturated rings. The van der Waals surface area contributed by atoms with Gasteiger partial charge in [0.2, 0.25) is 5.91 Å². The molecule has 152 valence electrons. The van der Waals surface area contributed by atoms with Crippen LogP contribution in [-0.4, -0.2) is 43.6 Å². The van der Waals surface area contributed by atoms with E-state index in [1.165, 1.54) is 0 Å². The second-order valence-electron chi connectivity index (χ2n) is 7.65. The Balaban J connectivity index is 1.32. The van der Waals surface area contributed by atoms with Gasteiger partial charge in [0, 0.05) is 24.5 Å². The maximum atomic E-state index is 12.9. The number of aromatic nitrogens is 4. The average molecular weight is 403 g/mol. The molecule has 0 saturated carbocycles. The number of hydrogen-bond donors (Lipinski definition) is 2. The molecule has 2 N–H and O–H groups in total. The van der Waals surface area contributed by atoms with E-state index in [2.05, 4.69) is 15.2 Å². The van der Waals surface area contributed by atoms with Crippen LogP contribution in [0.1, 0.15) is 24.6 Å². The fourth-order valence-corrected chi connectivity index (χ4v) is 4.37. The van der Waals surface area contributed by atoms with Crippen molar-refractivity contribution in [3.63, 3.8) is 0 Å². The maximum absolute atomic E-state index is 12.9. The third kappa shape index (κ3) is 3.10. The van der Waals surface area contributed by atoms with Gasteiger partial charge < -0.3 is 9.88 Å². The molecule has 0 aliphatic carbocycles. The Morgan fingerprint density at radius 3 is 2.50 bits per heavy atom. The number of amides is 1. The highest BCUT2D eigenvalue weighted by Crippen LogP contribution is 2.25. The number of para-hydroxylation sites is 2. The number of nitrogens with one attached hydrogen (secondary N) is 2. The molecule has 0 unspecified atom stereocenters. The molecule has 0 radical (unpaired) electrons. The van der Waals surface area contributed by atoms with Crippen LogP contribution in [0.25, 0.3) is 21.8 Å². The predicted octanol–water partition coefficient (Wildman–Crippen LogP) is 1.97. The van der Waals surface area contributed by atoms with Crippen LogP contribution in [0.5, 0.6) is 0 Å². The Morgan fingerprint density at radius 2 is 1.70 bits per heavy atom. The van der Waals surface area contributed by atoms with Gasteiger partial charge in [-0.25, -0.2) is 9.89 Å². The van der Waals surface area contributed by atoms with Gasteiger partial charge in [0.15, 0.2) is 0 Å². The number of H-pyrrole nitrogens is 2. The van der Waals surface area contributed by atoms with Crippen molar-refractivity contribution in [3.8, 4) is 0 Å². The van der Waals surface area contributed by atoms with E-state index in [4.69, 9.17) is 0 Å². The molecule has 1 aliphatic rings. The summed E-state index contributed by atoms with van der Waals surface area (Å²) in [5.74, 6) is -0.0237. The first kappa shape index (κ1) is 18.4. The second-order valence-corrected chi connectivity index (χ2v) is 7.65. The minimum absolute atomic E-state index is 0.0237. The first-order chi connectivity index (χ1) is 14.6. The Labute approximate surface area is 171 Å². The number of hydrogen-bond acceptors (Lipinski definition) is 4. The van der Waals surface area contributed by atoms with Crippen LogP contribution >= 0.6 is 0 Å². The zero-order chi connectivity index (χ0) is 20.7. The van der Waals surface area contributed by atoms with Crippen LogP contribution in [0.15, 0.2) is 58.1 Å². The zero-order valence-corrected chi connectivity index (χ0v) is 16.3. The van der Waals surface area contributed by atoms with Crippen LogP contribution < -0.4 is 11.2 Å².